The molecule has 15 heavy (non-hydrogen) atoms. The van der Waals surface area contributed by atoms with E-state index in [0.717, 1.165) is 5.52 Å². The van der Waals surface area contributed by atoms with Crippen molar-refractivity contribution < 1.29 is 4.42 Å². The van der Waals surface area contributed by atoms with E-state index in [1.165, 1.54) is 0 Å². The van der Waals surface area contributed by atoms with Gasteiger partial charge >= 0.3 is 0 Å². The van der Waals surface area contributed by atoms with Crippen molar-refractivity contribution in [2.45, 2.75) is 13.0 Å². The molecule has 0 saturated carbocycles. The second-order valence-corrected chi connectivity index (χ2v) is 3.85. The molecule has 1 heterocycles. The minimum absolute atomic E-state index is 0.133. The van der Waals surface area contributed by atoms with Gasteiger partial charge in [-0.2, -0.15) is 4.98 Å². The van der Waals surface area contributed by atoms with Crippen molar-refractivity contribution in [2.24, 2.45) is 5.73 Å². The quantitative estimate of drug-likeness (QED) is 0.841. The van der Waals surface area contributed by atoms with Crippen LogP contribution in [0.5, 0.6) is 0 Å². The van der Waals surface area contributed by atoms with Crippen molar-refractivity contribution in [3.05, 3.63) is 23.2 Å². The maximum absolute atomic E-state index is 5.84. The number of hydrogen-bond donors (Lipinski definition) is 2. The van der Waals surface area contributed by atoms with Crippen LogP contribution in [0.1, 0.15) is 6.92 Å². The zero-order valence-electron chi connectivity index (χ0n) is 8.33. The van der Waals surface area contributed by atoms with E-state index in [1.54, 1.807) is 18.2 Å². The summed E-state index contributed by atoms with van der Waals surface area (Å²) in [6.45, 7) is 2.49. The predicted molar refractivity (Wildman–Crippen MR) is 61.2 cm³/mol. The predicted octanol–water partition coefficient (Wildman–Crippen LogP) is 2.24. The van der Waals surface area contributed by atoms with E-state index in [9.17, 15) is 0 Å². The number of fused-ring (bicyclic) bond motifs is 1. The molecule has 4 nitrogen and oxygen atoms in total. The van der Waals surface area contributed by atoms with Crippen molar-refractivity contribution in [3.63, 3.8) is 0 Å². The summed E-state index contributed by atoms with van der Waals surface area (Å²) in [5, 5.41) is 3.70. The Bertz CT molecular complexity index is 469. The molecule has 0 aliphatic carbocycles. The van der Waals surface area contributed by atoms with Gasteiger partial charge in [0.15, 0.2) is 5.58 Å². The van der Waals surface area contributed by atoms with E-state index in [4.69, 9.17) is 21.8 Å². The largest absolute Gasteiger partial charge is 0.424 e. The topological polar surface area (TPSA) is 64.1 Å². The lowest BCUT2D eigenvalue weighted by molar-refractivity contribution is 0.601. The number of aromatic nitrogens is 1. The van der Waals surface area contributed by atoms with E-state index in [2.05, 4.69) is 10.3 Å². The number of nitrogens with one attached hydrogen (secondary N) is 1. The third kappa shape index (κ3) is 2.22. The number of nitrogens with zero attached hydrogens (tertiary/aromatic N) is 1. The Kier molecular flexibility index (Phi) is 2.79. The maximum Gasteiger partial charge on any atom is 0.295 e. The molecule has 0 bridgehead atoms. The molecule has 0 fully saturated rings. The summed E-state index contributed by atoms with van der Waals surface area (Å²) < 4.78 is 5.46. The molecule has 1 atom stereocenters. The number of rotatable bonds is 3. The third-order valence-electron chi connectivity index (χ3n) is 2.07. The summed E-state index contributed by atoms with van der Waals surface area (Å²) in [6.07, 6.45) is 0. The van der Waals surface area contributed by atoms with Crippen LogP contribution in [0.3, 0.4) is 0 Å². The molecule has 1 aromatic carbocycles. The summed E-state index contributed by atoms with van der Waals surface area (Å²) in [4.78, 5) is 4.24. The summed E-state index contributed by atoms with van der Waals surface area (Å²) in [6, 6.07) is 5.94. The van der Waals surface area contributed by atoms with Gasteiger partial charge in [-0.05, 0) is 25.1 Å². The molecule has 2 rings (SSSR count). The van der Waals surface area contributed by atoms with Crippen LogP contribution in [0.2, 0.25) is 5.02 Å². The number of anilines is 1. The molecule has 0 amide bonds. The summed E-state index contributed by atoms with van der Waals surface area (Å²) in [7, 11) is 0. The average molecular weight is 226 g/mol. The smallest absolute Gasteiger partial charge is 0.295 e. The van der Waals surface area contributed by atoms with Crippen molar-refractivity contribution in [1.29, 1.82) is 0 Å². The first kappa shape index (κ1) is 10.3. The second-order valence-electron chi connectivity index (χ2n) is 3.41. The Morgan fingerprint density at radius 1 is 1.60 bits per heavy atom. The van der Waals surface area contributed by atoms with Crippen LogP contribution >= 0.6 is 11.6 Å². The molecule has 0 aliphatic heterocycles. The number of hydrogen-bond acceptors (Lipinski definition) is 4. The van der Waals surface area contributed by atoms with Gasteiger partial charge in [0.2, 0.25) is 0 Å². The Labute approximate surface area is 92.4 Å². The third-order valence-corrected chi connectivity index (χ3v) is 2.31. The van der Waals surface area contributed by atoms with Crippen molar-refractivity contribution >= 4 is 28.7 Å². The highest BCUT2D eigenvalue weighted by Gasteiger charge is 2.07. The SMILES string of the molecule is CC(CN)Nc1nc2cc(Cl)ccc2o1. The lowest BCUT2D eigenvalue weighted by atomic mass is 10.3. The highest BCUT2D eigenvalue weighted by atomic mass is 35.5. The minimum Gasteiger partial charge on any atom is -0.424 e. The fourth-order valence-corrected chi connectivity index (χ4v) is 1.40. The van der Waals surface area contributed by atoms with Gasteiger partial charge in [-0.1, -0.05) is 11.6 Å². The molecular weight excluding hydrogens is 214 g/mol. The molecule has 0 radical (unpaired) electrons. The maximum atomic E-state index is 5.84. The van der Waals surface area contributed by atoms with Crippen LogP contribution in [-0.2, 0) is 0 Å². The first-order valence-corrected chi connectivity index (χ1v) is 5.09. The average Bonchev–Trinajstić information content (AvgIpc) is 2.59. The standard InChI is InChI=1S/C10H12ClN3O/c1-6(5-12)13-10-14-8-4-7(11)2-3-9(8)15-10/h2-4,6H,5,12H2,1H3,(H,13,14). The molecule has 80 valence electrons. The molecular formula is C10H12ClN3O. The summed E-state index contributed by atoms with van der Waals surface area (Å²) in [5.74, 6) is 0. The van der Waals surface area contributed by atoms with Gasteiger partial charge in [0.05, 0.1) is 0 Å². The zero-order chi connectivity index (χ0) is 10.8. The molecule has 0 spiro atoms. The Hall–Kier alpha value is -1.26. The molecule has 3 N–H and O–H groups in total. The van der Waals surface area contributed by atoms with E-state index in [-0.39, 0.29) is 6.04 Å². The number of oxazole rings is 1. The molecule has 2 aromatic rings. The van der Waals surface area contributed by atoms with Crippen molar-refractivity contribution in [3.8, 4) is 0 Å². The zero-order valence-corrected chi connectivity index (χ0v) is 9.08. The monoisotopic (exact) mass is 225 g/mol. The lowest BCUT2D eigenvalue weighted by Crippen LogP contribution is -2.25. The van der Waals surface area contributed by atoms with Crippen LogP contribution in [0.25, 0.3) is 11.1 Å². The van der Waals surface area contributed by atoms with Crippen LogP contribution in [0.15, 0.2) is 22.6 Å². The molecule has 0 aliphatic rings. The number of halogens is 1. The van der Waals surface area contributed by atoms with E-state index in [1.807, 2.05) is 6.92 Å². The molecule has 0 saturated heterocycles. The highest BCUT2D eigenvalue weighted by molar-refractivity contribution is 6.31. The second kappa shape index (κ2) is 4.08. The number of benzene rings is 1. The van der Waals surface area contributed by atoms with Gasteiger partial charge in [-0.3, -0.25) is 0 Å². The van der Waals surface area contributed by atoms with Gasteiger partial charge in [0.1, 0.15) is 5.52 Å². The van der Waals surface area contributed by atoms with Crippen LogP contribution in [-0.4, -0.2) is 17.6 Å². The van der Waals surface area contributed by atoms with Crippen molar-refractivity contribution in [2.75, 3.05) is 11.9 Å². The molecule has 1 unspecified atom stereocenters. The van der Waals surface area contributed by atoms with E-state index in [0.29, 0.717) is 23.2 Å². The Morgan fingerprint density at radius 2 is 2.40 bits per heavy atom. The summed E-state index contributed by atoms with van der Waals surface area (Å²) >= 11 is 5.84. The fraction of sp³-hybridized carbons (Fsp3) is 0.300. The highest BCUT2D eigenvalue weighted by Crippen LogP contribution is 2.22. The fourth-order valence-electron chi connectivity index (χ4n) is 1.23. The number of nitrogens with two attached hydrogens (primary N) is 1. The van der Waals surface area contributed by atoms with Crippen molar-refractivity contribution in [1.82, 2.24) is 4.98 Å². The van der Waals surface area contributed by atoms with Gasteiger partial charge in [0.25, 0.3) is 6.01 Å². The Morgan fingerprint density at radius 3 is 3.13 bits per heavy atom. The first-order valence-electron chi connectivity index (χ1n) is 4.71. The van der Waals surface area contributed by atoms with Gasteiger partial charge in [-0.25, -0.2) is 0 Å². The van der Waals surface area contributed by atoms with Gasteiger partial charge in [-0.15, -0.1) is 0 Å². The molecule has 1 aromatic heterocycles. The minimum atomic E-state index is 0.133. The van der Waals surface area contributed by atoms with Crippen LogP contribution in [0, 0.1) is 0 Å². The normalized spacial score (nSPS) is 13.0. The molecule has 5 heteroatoms. The van der Waals surface area contributed by atoms with E-state index < -0.39 is 0 Å². The Balaban J connectivity index is 2.30. The van der Waals surface area contributed by atoms with Gasteiger partial charge in [0, 0.05) is 17.6 Å². The lowest BCUT2D eigenvalue weighted by Gasteiger charge is -2.07. The van der Waals surface area contributed by atoms with Crippen LogP contribution in [0.4, 0.5) is 6.01 Å². The van der Waals surface area contributed by atoms with E-state index >= 15 is 0 Å². The van der Waals surface area contributed by atoms with Gasteiger partial charge < -0.3 is 15.5 Å². The summed E-state index contributed by atoms with van der Waals surface area (Å²) in [5.41, 5.74) is 6.94. The first-order chi connectivity index (χ1) is 7.19. The van der Waals surface area contributed by atoms with Crippen LogP contribution < -0.4 is 11.1 Å².